The number of hydrogen-bond donors (Lipinski definition) is 3. The Bertz CT molecular complexity index is 1260. The van der Waals surface area contributed by atoms with E-state index in [1.165, 1.54) is 11.1 Å². The number of aromatic amines is 1. The summed E-state index contributed by atoms with van der Waals surface area (Å²) >= 11 is 0. The Kier molecular flexibility index (Phi) is 4.88. The molecule has 1 aromatic heterocycles. The highest BCUT2D eigenvalue weighted by atomic mass is 16.2. The largest absolute Gasteiger partial charge is 0.367 e. The molecule has 31 heavy (non-hydrogen) atoms. The van der Waals surface area contributed by atoms with Crippen LogP contribution in [0.15, 0.2) is 79.0 Å². The Balaban J connectivity index is 1.22. The van der Waals surface area contributed by atoms with Crippen molar-refractivity contribution < 1.29 is 9.59 Å². The predicted molar refractivity (Wildman–Crippen MR) is 121 cm³/mol. The number of amides is 2. The number of hydrazine groups is 1. The van der Waals surface area contributed by atoms with E-state index in [2.05, 4.69) is 45.0 Å². The number of benzene rings is 3. The van der Waals surface area contributed by atoms with Gasteiger partial charge in [0.15, 0.2) is 0 Å². The van der Waals surface area contributed by atoms with Gasteiger partial charge in [-0.3, -0.25) is 20.4 Å². The lowest BCUT2D eigenvalue weighted by molar-refractivity contribution is 0.0847. The van der Waals surface area contributed by atoms with E-state index in [1.54, 1.807) is 18.3 Å². The first-order valence-corrected chi connectivity index (χ1v) is 10.3. The standard InChI is InChI=1S/C25H22N4O2/c30-24(27-28-25(31)22-15-26-23-8-4-3-7-21(22)23)18-9-11-20(12-10-18)29-14-13-17-5-1-2-6-19(17)16-29/h1-12,15,26H,13-14,16H2,(H,27,30)(H,28,31). The summed E-state index contributed by atoms with van der Waals surface area (Å²) in [7, 11) is 0. The molecule has 1 aliphatic heterocycles. The maximum atomic E-state index is 12.5. The van der Waals surface area contributed by atoms with Crippen LogP contribution in [0.4, 0.5) is 5.69 Å². The van der Waals surface area contributed by atoms with E-state index in [1.807, 2.05) is 36.4 Å². The van der Waals surface area contributed by atoms with Crippen LogP contribution in [0.5, 0.6) is 0 Å². The fraction of sp³-hybridized carbons (Fsp3) is 0.120. The average Bonchev–Trinajstić information content (AvgIpc) is 3.26. The van der Waals surface area contributed by atoms with Crippen LogP contribution in [0, 0.1) is 0 Å². The minimum atomic E-state index is -0.366. The summed E-state index contributed by atoms with van der Waals surface area (Å²) in [6, 6.07) is 23.5. The maximum Gasteiger partial charge on any atom is 0.271 e. The van der Waals surface area contributed by atoms with Crippen molar-refractivity contribution in [3.8, 4) is 0 Å². The number of aromatic nitrogens is 1. The molecule has 6 heteroatoms. The first kappa shape index (κ1) is 18.9. The Morgan fingerprint density at radius 1 is 0.806 bits per heavy atom. The molecule has 0 saturated heterocycles. The highest BCUT2D eigenvalue weighted by Gasteiger charge is 2.17. The van der Waals surface area contributed by atoms with Gasteiger partial charge in [0.2, 0.25) is 0 Å². The Morgan fingerprint density at radius 2 is 1.52 bits per heavy atom. The maximum absolute atomic E-state index is 12.5. The van der Waals surface area contributed by atoms with Gasteiger partial charge in [-0.15, -0.1) is 0 Å². The van der Waals surface area contributed by atoms with Crippen LogP contribution in [0.3, 0.4) is 0 Å². The highest BCUT2D eigenvalue weighted by molar-refractivity contribution is 6.07. The van der Waals surface area contributed by atoms with Crippen LogP contribution in [0.25, 0.3) is 10.9 Å². The van der Waals surface area contributed by atoms with Gasteiger partial charge in [-0.25, -0.2) is 0 Å². The number of nitrogens with zero attached hydrogens (tertiary/aromatic N) is 1. The normalized spacial score (nSPS) is 13.0. The van der Waals surface area contributed by atoms with E-state index in [0.29, 0.717) is 11.1 Å². The third-order valence-corrected chi connectivity index (χ3v) is 5.75. The Morgan fingerprint density at radius 3 is 2.35 bits per heavy atom. The molecule has 1 aliphatic rings. The van der Waals surface area contributed by atoms with Crippen LogP contribution < -0.4 is 15.8 Å². The Hall–Kier alpha value is -4.06. The van der Waals surface area contributed by atoms with Gasteiger partial charge in [-0.2, -0.15) is 0 Å². The molecule has 0 spiro atoms. The molecule has 0 bridgehead atoms. The molecule has 0 atom stereocenters. The summed E-state index contributed by atoms with van der Waals surface area (Å²) < 4.78 is 0. The van der Waals surface area contributed by atoms with Gasteiger partial charge in [0.1, 0.15) is 0 Å². The molecule has 0 aliphatic carbocycles. The molecule has 6 nitrogen and oxygen atoms in total. The number of nitrogens with one attached hydrogen (secondary N) is 3. The summed E-state index contributed by atoms with van der Waals surface area (Å²) in [6.07, 6.45) is 2.65. The summed E-state index contributed by atoms with van der Waals surface area (Å²) in [4.78, 5) is 30.3. The van der Waals surface area contributed by atoms with E-state index in [4.69, 9.17) is 0 Å². The van der Waals surface area contributed by atoms with Crippen molar-refractivity contribution in [1.29, 1.82) is 0 Å². The number of para-hydroxylation sites is 1. The van der Waals surface area contributed by atoms with Crippen molar-refractivity contribution in [2.75, 3.05) is 11.4 Å². The zero-order valence-corrected chi connectivity index (χ0v) is 16.9. The third kappa shape index (κ3) is 3.75. The first-order chi connectivity index (χ1) is 15.2. The highest BCUT2D eigenvalue weighted by Crippen LogP contribution is 2.24. The van der Waals surface area contributed by atoms with Crippen LogP contribution in [0.1, 0.15) is 31.8 Å². The predicted octanol–water partition coefficient (Wildman–Crippen LogP) is 3.81. The molecule has 4 aromatic rings. The molecule has 5 rings (SSSR count). The van der Waals surface area contributed by atoms with Gasteiger partial charge >= 0.3 is 0 Å². The average molecular weight is 410 g/mol. The van der Waals surface area contributed by atoms with Crippen LogP contribution >= 0.6 is 0 Å². The minimum absolute atomic E-state index is 0.358. The van der Waals surface area contributed by atoms with Gasteiger partial charge in [-0.1, -0.05) is 42.5 Å². The van der Waals surface area contributed by atoms with Crippen LogP contribution in [-0.4, -0.2) is 23.3 Å². The fourth-order valence-electron chi connectivity index (χ4n) is 4.05. The summed E-state index contributed by atoms with van der Waals surface area (Å²) in [5.74, 6) is -0.724. The van der Waals surface area contributed by atoms with E-state index in [-0.39, 0.29) is 11.8 Å². The van der Waals surface area contributed by atoms with Crippen molar-refractivity contribution in [2.24, 2.45) is 0 Å². The van der Waals surface area contributed by atoms with Gasteiger partial charge in [0.05, 0.1) is 5.56 Å². The topological polar surface area (TPSA) is 77.2 Å². The molecule has 0 unspecified atom stereocenters. The van der Waals surface area contributed by atoms with Gasteiger partial charge < -0.3 is 9.88 Å². The molecule has 0 saturated carbocycles. The molecule has 0 radical (unpaired) electrons. The number of rotatable bonds is 3. The van der Waals surface area contributed by atoms with E-state index in [9.17, 15) is 9.59 Å². The summed E-state index contributed by atoms with van der Waals surface area (Å²) in [6.45, 7) is 1.81. The van der Waals surface area contributed by atoms with Gasteiger partial charge in [0.25, 0.3) is 11.8 Å². The third-order valence-electron chi connectivity index (χ3n) is 5.75. The lowest BCUT2D eigenvalue weighted by Crippen LogP contribution is -2.41. The van der Waals surface area contributed by atoms with Crippen molar-refractivity contribution in [3.63, 3.8) is 0 Å². The SMILES string of the molecule is O=C(NNC(=O)c1c[nH]c2ccccc12)c1ccc(N2CCc3ccccc3C2)cc1. The molecule has 2 heterocycles. The van der Waals surface area contributed by atoms with E-state index >= 15 is 0 Å². The number of fused-ring (bicyclic) bond motifs is 2. The second-order valence-corrected chi connectivity index (χ2v) is 7.64. The van der Waals surface area contributed by atoms with Gasteiger partial charge in [0, 0.05) is 41.4 Å². The molecule has 3 aromatic carbocycles. The second-order valence-electron chi connectivity index (χ2n) is 7.64. The first-order valence-electron chi connectivity index (χ1n) is 10.3. The van der Waals surface area contributed by atoms with E-state index < -0.39 is 0 Å². The van der Waals surface area contributed by atoms with Crippen LogP contribution in [0.2, 0.25) is 0 Å². The number of carbonyl (C=O) groups is 2. The van der Waals surface area contributed by atoms with E-state index in [0.717, 1.165) is 36.1 Å². The number of H-pyrrole nitrogens is 1. The van der Waals surface area contributed by atoms with Gasteiger partial charge in [-0.05, 0) is 47.9 Å². The molecule has 2 amide bonds. The number of hydrogen-bond acceptors (Lipinski definition) is 3. The lowest BCUT2D eigenvalue weighted by Gasteiger charge is -2.30. The summed E-state index contributed by atoms with van der Waals surface area (Å²) in [5.41, 5.74) is 10.7. The number of carbonyl (C=O) groups excluding carboxylic acids is 2. The Labute approximate surface area is 179 Å². The fourth-order valence-corrected chi connectivity index (χ4v) is 4.05. The van der Waals surface area contributed by atoms with Crippen molar-refractivity contribution in [2.45, 2.75) is 13.0 Å². The number of anilines is 1. The lowest BCUT2D eigenvalue weighted by atomic mass is 9.99. The molecular formula is C25H22N4O2. The molecular weight excluding hydrogens is 388 g/mol. The van der Waals surface area contributed by atoms with Crippen LogP contribution in [-0.2, 0) is 13.0 Å². The quantitative estimate of drug-likeness (QED) is 0.450. The van der Waals surface area contributed by atoms with Crippen molar-refractivity contribution in [1.82, 2.24) is 15.8 Å². The summed E-state index contributed by atoms with van der Waals surface area (Å²) in [5, 5.41) is 0.807. The second kappa shape index (κ2) is 7.99. The smallest absolute Gasteiger partial charge is 0.271 e. The minimum Gasteiger partial charge on any atom is -0.367 e. The zero-order valence-electron chi connectivity index (χ0n) is 16.9. The molecule has 154 valence electrons. The zero-order chi connectivity index (χ0) is 21.2. The van der Waals surface area contributed by atoms with Crippen molar-refractivity contribution >= 4 is 28.4 Å². The molecule has 3 N–H and O–H groups in total. The monoisotopic (exact) mass is 410 g/mol. The van der Waals surface area contributed by atoms with Crippen molar-refractivity contribution in [3.05, 3.63) is 101 Å². The molecule has 0 fully saturated rings.